The topological polar surface area (TPSA) is 208 Å². The zero-order valence-corrected chi connectivity index (χ0v) is 50.3. The first kappa shape index (κ1) is 65.4. The van der Waals surface area contributed by atoms with Gasteiger partial charge in [0.25, 0.3) is 17.7 Å². The van der Waals surface area contributed by atoms with Crippen molar-refractivity contribution in [2.75, 3.05) is 61.2 Å². The molecule has 0 spiro atoms. The summed E-state index contributed by atoms with van der Waals surface area (Å²) in [4.78, 5) is 106. The first-order valence-electron chi connectivity index (χ1n) is 29.2. The van der Waals surface area contributed by atoms with Gasteiger partial charge in [0.2, 0.25) is 0 Å². The molecule has 18 heteroatoms. The van der Waals surface area contributed by atoms with E-state index in [1.807, 2.05) is 104 Å². The summed E-state index contributed by atoms with van der Waals surface area (Å²) in [6.07, 6.45) is -1.65. The van der Waals surface area contributed by atoms with Gasteiger partial charge in [0.15, 0.2) is 30.5 Å². The van der Waals surface area contributed by atoms with Crippen LogP contribution in [0.1, 0.15) is 155 Å². The number of nitrogens with zero attached hydrogens (tertiary/aromatic N) is 4. The van der Waals surface area contributed by atoms with Gasteiger partial charge < -0.3 is 53.0 Å². The molecule has 0 aromatic heterocycles. The van der Waals surface area contributed by atoms with Crippen molar-refractivity contribution in [1.29, 1.82) is 0 Å². The molecule has 3 saturated heterocycles. The number of hydrogen-bond donors (Lipinski definition) is 0. The second kappa shape index (κ2) is 30.0. The molecule has 80 heavy (non-hydrogen) atoms. The van der Waals surface area contributed by atoms with Crippen molar-refractivity contribution < 1.29 is 66.6 Å². The van der Waals surface area contributed by atoms with Crippen molar-refractivity contribution in [2.24, 2.45) is 23.7 Å². The van der Waals surface area contributed by atoms with Crippen LogP contribution < -0.4 is 0 Å². The molecule has 446 valence electrons. The molecule has 3 fully saturated rings. The first-order chi connectivity index (χ1) is 37.7. The minimum Gasteiger partial charge on any atom is -0.632 e. The van der Waals surface area contributed by atoms with E-state index in [2.05, 4.69) is 0 Å². The molecule has 1 unspecified atom stereocenters. The number of esters is 4. The maximum atomic E-state index is 15.2. The van der Waals surface area contributed by atoms with Crippen molar-refractivity contribution in [3.05, 3.63) is 76.0 Å². The van der Waals surface area contributed by atoms with E-state index in [0.29, 0.717) is 43.8 Å². The summed E-state index contributed by atoms with van der Waals surface area (Å²) in [5, 5.41) is 15.2. The van der Waals surface area contributed by atoms with Crippen LogP contribution >= 0.6 is 0 Å². The maximum Gasteiger partial charge on any atom is 0.366 e. The summed E-state index contributed by atoms with van der Waals surface area (Å²) < 4.78 is 34.3. The Labute approximate surface area is 476 Å². The number of ether oxygens (including phenoxy) is 6. The highest BCUT2D eigenvalue weighted by Crippen LogP contribution is 2.31. The van der Waals surface area contributed by atoms with Gasteiger partial charge in [-0.15, -0.1) is 0 Å². The average molecular weight is 1120 g/mol. The van der Waals surface area contributed by atoms with Crippen molar-refractivity contribution in [3.8, 4) is 0 Å². The molecule has 9 atom stereocenters. The number of hydrogen-bond acceptors (Lipinski definition) is 14. The predicted octanol–water partition coefficient (Wildman–Crippen LogP) is 7.94. The third-order valence-corrected chi connectivity index (χ3v) is 15.9. The van der Waals surface area contributed by atoms with Gasteiger partial charge in [0.1, 0.15) is 24.7 Å². The quantitative estimate of drug-likeness (QED) is 0.0762. The molecule has 3 aliphatic heterocycles. The normalized spacial score (nSPS) is 27.8. The second-order valence-corrected chi connectivity index (χ2v) is 24.6. The minimum atomic E-state index is -1.50. The number of benzene rings is 2. The summed E-state index contributed by atoms with van der Waals surface area (Å²) in [5.74, 6) is -5.75. The fourth-order valence-electron chi connectivity index (χ4n) is 11.1. The number of carbonyl (C=O) groups excluding carboxylic acids is 7. The van der Waals surface area contributed by atoms with Crippen molar-refractivity contribution in [3.63, 3.8) is 0 Å². The Morgan fingerprint density at radius 3 is 1.24 bits per heavy atom. The van der Waals surface area contributed by atoms with Crippen LogP contribution in [0.2, 0.25) is 0 Å². The average Bonchev–Trinajstić information content (AvgIpc) is 3.41. The fourth-order valence-corrected chi connectivity index (χ4v) is 11.1. The van der Waals surface area contributed by atoms with Crippen LogP contribution in [-0.2, 0) is 74.8 Å². The van der Waals surface area contributed by atoms with E-state index in [9.17, 15) is 28.8 Å². The molecule has 0 saturated carbocycles. The molecule has 3 heterocycles. The number of cyclic esters (lactones) is 4. The summed E-state index contributed by atoms with van der Waals surface area (Å²) in [7, 11) is 5.58. The van der Waals surface area contributed by atoms with Crippen LogP contribution in [0, 0.1) is 28.9 Å². The van der Waals surface area contributed by atoms with Crippen molar-refractivity contribution >= 4 is 41.6 Å². The Balaban J connectivity index is 1.59. The van der Waals surface area contributed by atoms with E-state index >= 15 is 10.0 Å². The third-order valence-electron chi connectivity index (χ3n) is 15.9. The lowest BCUT2D eigenvalue weighted by atomic mass is 9.90. The lowest BCUT2D eigenvalue weighted by molar-refractivity contribution is -0.881. The van der Waals surface area contributed by atoms with Crippen LogP contribution in [-0.4, -0.2) is 171 Å². The zero-order chi connectivity index (χ0) is 59.2. The van der Waals surface area contributed by atoms with Gasteiger partial charge in [0.05, 0.1) is 7.05 Å². The Morgan fingerprint density at radius 2 is 0.838 bits per heavy atom. The molecule has 3 aliphatic rings. The summed E-state index contributed by atoms with van der Waals surface area (Å²) in [6.45, 7) is 20.0. The minimum absolute atomic E-state index is 0.0440. The van der Waals surface area contributed by atoms with Gasteiger partial charge in [-0.05, 0) is 117 Å². The molecular weight excluding hydrogens is 1020 g/mol. The lowest BCUT2D eigenvalue weighted by Crippen LogP contribution is -2.58. The van der Waals surface area contributed by atoms with E-state index in [-0.39, 0.29) is 62.2 Å². The van der Waals surface area contributed by atoms with Crippen LogP contribution in [0.15, 0.2) is 48.5 Å². The largest absolute Gasteiger partial charge is 0.632 e. The monoisotopic (exact) mass is 1120 g/mol. The van der Waals surface area contributed by atoms with Gasteiger partial charge in [-0.3, -0.25) is 14.4 Å². The SMILES string of the molecule is CC(C)C[C@H]1C(=O)O[C@H](Cc2ccc(C3CCOCC3)cc2)C[N+](C)([O-])[C@@H](CC(C)C)C(=O)O[C@H](C)C(=O)N(C)[C@@H](CC(C)C)C(=O)O[C@H](Cc2ccc(C3CCOCC3)cc2)C(=O)N(C)[C@@H](CC(C)C)C(=O)O[C@H](C)C(=O)N1C. The molecular formula is C62H94N4O14. The molecule has 0 aliphatic carbocycles. The molecule has 0 N–H and O–H groups in total. The molecule has 3 amide bonds. The Morgan fingerprint density at radius 1 is 0.487 bits per heavy atom. The number of hydroxylamine groups is 3. The standard InChI is InChI=1S/C62H94N4O14/c1-38(2)31-51-59(70)77-42(9)56(67)63(11)52(32-39(3)4)60(71)79-50(35-44-15-19-46(20-16-44)48-23-27-75-28-24-48)37-66(14,74)54(34-41(7)8)62(73)78-43(10)57(68)64(12)53(33-40(5)6)61(72)80-55(58(69)65(51)13)36-45-17-21-47(22-18-45)49-25-29-76-30-26-49/h15-22,38-43,48-55H,23-37H2,1-14H3/t42-,43-,50-,51+,52+,53+,54+,55-,66?/m1/s1. The summed E-state index contributed by atoms with van der Waals surface area (Å²) in [6, 6.07) is 10.6. The summed E-state index contributed by atoms with van der Waals surface area (Å²) >= 11 is 0. The molecule has 0 radical (unpaired) electrons. The molecule has 2 aromatic carbocycles. The molecule has 5 rings (SSSR count). The highest BCUT2D eigenvalue weighted by Gasteiger charge is 2.43. The lowest BCUT2D eigenvalue weighted by Gasteiger charge is -2.46. The van der Waals surface area contributed by atoms with Crippen molar-refractivity contribution in [2.45, 2.75) is 194 Å². The number of likely N-dealkylation sites (N-methyl/N-ethyl adjacent to an activating group) is 4. The van der Waals surface area contributed by atoms with Crippen LogP contribution in [0.5, 0.6) is 0 Å². The Kier molecular flexibility index (Phi) is 24.5. The maximum absolute atomic E-state index is 15.2. The van der Waals surface area contributed by atoms with Gasteiger partial charge in [0, 0.05) is 66.8 Å². The zero-order valence-electron chi connectivity index (χ0n) is 50.3. The number of quaternary nitrogens is 1. The van der Waals surface area contributed by atoms with E-state index < -0.39 is 101 Å². The highest BCUT2D eigenvalue weighted by atomic mass is 16.6. The Hall–Kier alpha value is -5.43. The Bertz CT molecular complexity index is 2360. The smallest absolute Gasteiger partial charge is 0.366 e. The first-order valence-corrected chi connectivity index (χ1v) is 29.2. The third kappa shape index (κ3) is 18.5. The predicted molar refractivity (Wildman–Crippen MR) is 302 cm³/mol. The van der Waals surface area contributed by atoms with E-state index in [1.54, 1.807) is 0 Å². The van der Waals surface area contributed by atoms with Gasteiger partial charge in [-0.2, -0.15) is 0 Å². The van der Waals surface area contributed by atoms with Crippen LogP contribution in [0.25, 0.3) is 0 Å². The summed E-state index contributed by atoms with van der Waals surface area (Å²) in [5.41, 5.74) is 3.69. The van der Waals surface area contributed by atoms with E-state index in [0.717, 1.165) is 47.3 Å². The van der Waals surface area contributed by atoms with E-state index in [1.165, 1.54) is 51.8 Å². The molecule has 18 nitrogen and oxygen atoms in total. The van der Waals surface area contributed by atoms with Gasteiger partial charge >= 0.3 is 23.9 Å². The second-order valence-electron chi connectivity index (χ2n) is 24.6. The number of amides is 3. The van der Waals surface area contributed by atoms with Gasteiger partial charge in [-0.1, -0.05) is 104 Å². The van der Waals surface area contributed by atoms with Crippen LogP contribution in [0.4, 0.5) is 0 Å². The van der Waals surface area contributed by atoms with Gasteiger partial charge in [-0.25, -0.2) is 19.2 Å². The molecule has 0 bridgehead atoms. The highest BCUT2D eigenvalue weighted by molar-refractivity contribution is 5.93. The van der Waals surface area contributed by atoms with E-state index in [4.69, 9.17) is 28.4 Å². The van der Waals surface area contributed by atoms with Crippen molar-refractivity contribution in [1.82, 2.24) is 14.7 Å². The molecule has 2 aromatic rings. The fraction of sp³-hybridized carbons (Fsp3) is 0.694. The number of rotatable bonds is 14. The number of carbonyl (C=O) groups is 7. The van der Waals surface area contributed by atoms with Crippen LogP contribution in [0.3, 0.4) is 0 Å².